The lowest BCUT2D eigenvalue weighted by Gasteiger charge is -2.23. The summed E-state index contributed by atoms with van der Waals surface area (Å²) >= 11 is 0. The minimum Gasteiger partial charge on any atom is -0.360 e. The Hall–Kier alpha value is -3.52. The number of hydrogen-bond donors (Lipinski definition) is 2. The van der Waals surface area contributed by atoms with Gasteiger partial charge in [0.2, 0.25) is 17.7 Å². The highest BCUT2D eigenvalue weighted by molar-refractivity contribution is 6.03. The zero-order valence-corrected chi connectivity index (χ0v) is 16.9. The van der Waals surface area contributed by atoms with E-state index in [-0.39, 0.29) is 17.7 Å². The van der Waals surface area contributed by atoms with Gasteiger partial charge in [-0.3, -0.25) is 19.4 Å². The van der Waals surface area contributed by atoms with Crippen molar-refractivity contribution in [1.29, 1.82) is 0 Å². The molecule has 0 unspecified atom stereocenters. The molecule has 4 heterocycles. The van der Waals surface area contributed by atoms with Gasteiger partial charge in [0.05, 0.1) is 24.5 Å². The number of nitrogens with zero attached hydrogens (tertiary/aromatic N) is 2. The van der Waals surface area contributed by atoms with Crippen molar-refractivity contribution in [2.24, 2.45) is 11.8 Å². The molecule has 0 radical (unpaired) electrons. The maximum absolute atomic E-state index is 13.4. The van der Waals surface area contributed by atoms with Gasteiger partial charge in [0.1, 0.15) is 5.60 Å². The van der Waals surface area contributed by atoms with E-state index >= 15 is 0 Å². The van der Waals surface area contributed by atoms with Crippen molar-refractivity contribution >= 4 is 29.1 Å². The van der Waals surface area contributed by atoms with Crippen LogP contribution in [0.3, 0.4) is 0 Å². The second-order valence-corrected chi connectivity index (χ2v) is 8.13. The molecule has 1 aromatic carbocycles. The van der Waals surface area contributed by atoms with Gasteiger partial charge in [0, 0.05) is 37.2 Å². The van der Waals surface area contributed by atoms with E-state index in [0.29, 0.717) is 24.5 Å². The molecule has 0 saturated carbocycles. The minimum atomic E-state index is -0.783. The predicted molar refractivity (Wildman–Crippen MR) is 113 cm³/mol. The Labute approximate surface area is 179 Å². The molecule has 1 aromatic heterocycles. The number of fused-ring (bicyclic) bond motifs is 1. The Kier molecular flexibility index (Phi) is 4.59. The smallest absolute Gasteiger partial charge is 0.234 e. The molecule has 2 bridgehead atoms. The van der Waals surface area contributed by atoms with E-state index < -0.39 is 23.5 Å². The largest absolute Gasteiger partial charge is 0.360 e. The zero-order valence-electron chi connectivity index (χ0n) is 16.9. The number of ether oxygens (including phenoxy) is 1. The van der Waals surface area contributed by atoms with E-state index in [9.17, 15) is 14.4 Å². The van der Waals surface area contributed by atoms with Gasteiger partial charge in [-0.15, -0.1) is 0 Å². The second-order valence-electron chi connectivity index (χ2n) is 8.13. The Balaban J connectivity index is 1.34. The Bertz CT molecular complexity index is 1070. The highest BCUT2D eigenvalue weighted by atomic mass is 16.5. The third-order valence-corrected chi connectivity index (χ3v) is 6.09. The van der Waals surface area contributed by atoms with Crippen LogP contribution in [0, 0.1) is 11.8 Å². The molecule has 2 fully saturated rings. The van der Waals surface area contributed by atoms with Gasteiger partial charge >= 0.3 is 0 Å². The molecule has 1 spiro atoms. The van der Waals surface area contributed by atoms with Crippen LogP contribution in [-0.4, -0.2) is 41.0 Å². The summed E-state index contributed by atoms with van der Waals surface area (Å²) in [7, 11) is 0. The lowest BCUT2D eigenvalue weighted by Crippen LogP contribution is -2.44. The summed E-state index contributed by atoms with van der Waals surface area (Å²) in [5.41, 5.74) is 1.47. The van der Waals surface area contributed by atoms with Crippen LogP contribution >= 0.6 is 0 Å². The molecule has 8 heteroatoms. The number of benzene rings is 1. The predicted octanol–water partition coefficient (Wildman–Crippen LogP) is 1.64. The molecule has 2 N–H and O–H groups in total. The number of amides is 3. The fraction of sp³-hybridized carbons (Fsp3) is 0.304. The lowest BCUT2D eigenvalue weighted by atomic mass is 9.77. The van der Waals surface area contributed by atoms with E-state index in [2.05, 4.69) is 15.6 Å². The van der Waals surface area contributed by atoms with Gasteiger partial charge in [-0.1, -0.05) is 18.2 Å². The summed E-state index contributed by atoms with van der Waals surface area (Å²) in [5.74, 6) is -1.61. The van der Waals surface area contributed by atoms with Crippen LogP contribution in [-0.2, 0) is 25.7 Å². The van der Waals surface area contributed by atoms with Gasteiger partial charge in [0.25, 0.3) is 0 Å². The number of nitrogens with one attached hydrogen (secondary N) is 2. The summed E-state index contributed by atoms with van der Waals surface area (Å²) in [6.45, 7) is 2.15. The topological polar surface area (TPSA) is 101 Å². The summed E-state index contributed by atoms with van der Waals surface area (Å²) in [5, 5.41) is 5.64. The van der Waals surface area contributed by atoms with Gasteiger partial charge in [-0.2, -0.15) is 0 Å². The maximum Gasteiger partial charge on any atom is 0.234 e. The van der Waals surface area contributed by atoms with Crippen molar-refractivity contribution in [1.82, 2.24) is 10.3 Å². The number of anilines is 2. The molecular weight excluding hydrogens is 396 g/mol. The van der Waals surface area contributed by atoms with E-state index in [1.54, 1.807) is 41.6 Å². The van der Waals surface area contributed by atoms with Crippen molar-refractivity contribution in [2.75, 3.05) is 16.8 Å². The van der Waals surface area contributed by atoms with Crippen LogP contribution in [0.2, 0.25) is 0 Å². The quantitative estimate of drug-likeness (QED) is 0.719. The molecular formula is C23H22N4O4. The van der Waals surface area contributed by atoms with Crippen LogP contribution in [0.5, 0.6) is 0 Å². The number of aromatic nitrogens is 1. The van der Waals surface area contributed by atoms with E-state index in [1.165, 1.54) is 6.92 Å². The van der Waals surface area contributed by atoms with Crippen molar-refractivity contribution in [3.05, 3.63) is 66.5 Å². The first kappa shape index (κ1) is 19.4. The molecule has 4 atom stereocenters. The Morgan fingerprint density at radius 2 is 2.06 bits per heavy atom. The molecule has 2 saturated heterocycles. The highest BCUT2D eigenvalue weighted by Gasteiger charge is 2.67. The monoisotopic (exact) mass is 418 g/mol. The number of pyridine rings is 1. The molecule has 31 heavy (non-hydrogen) atoms. The average Bonchev–Trinajstić information content (AvgIpc) is 3.41. The summed E-state index contributed by atoms with van der Waals surface area (Å²) in [6, 6.07) is 10.8. The van der Waals surface area contributed by atoms with Crippen LogP contribution in [0.15, 0.2) is 60.9 Å². The Morgan fingerprint density at radius 3 is 2.77 bits per heavy atom. The number of hydrogen-bond acceptors (Lipinski definition) is 5. The maximum atomic E-state index is 13.4. The van der Waals surface area contributed by atoms with Gasteiger partial charge in [-0.05, 0) is 35.9 Å². The van der Waals surface area contributed by atoms with Crippen LogP contribution in [0.4, 0.5) is 11.4 Å². The van der Waals surface area contributed by atoms with E-state index in [4.69, 9.17) is 4.74 Å². The van der Waals surface area contributed by atoms with Crippen molar-refractivity contribution in [3.8, 4) is 0 Å². The minimum absolute atomic E-state index is 0.124. The molecule has 2 aromatic rings. The van der Waals surface area contributed by atoms with Gasteiger partial charge in [-0.25, -0.2) is 0 Å². The fourth-order valence-corrected chi connectivity index (χ4v) is 4.75. The first-order chi connectivity index (χ1) is 15.0. The first-order valence-corrected chi connectivity index (χ1v) is 10.2. The molecule has 8 nitrogen and oxygen atoms in total. The zero-order chi connectivity index (χ0) is 21.6. The molecule has 3 aliphatic heterocycles. The SMILES string of the molecule is CC(=O)Nc1ccc(N2C[C@@]34C=C[C@@H](O3)[C@@H](C(=O)NCc3cccnc3)[C@@H]4C2=O)cc1. The number of carbonyl (C=O) groups is 3. The third-order valence-electron chi connectivity index (χ3n) is 6.09. The van der Waals surface area contributed by atoms with Crippen LogP contribution in [0.25, 0.3) is 0 Å². The standard InChI is InChI=1S/C23H22N4O4/c1-14(28)26-16-4-6-17(7-5-16)27-13-23-9-8-18(31-23)19(20(23)22(27)30)21(29)25-12-15-3-2-10-24-11-15/h2-11,18-20H,12-13H2,1H3,(H,25,29)(H,26,28)/t18-,19-,20-,23-/m1/s1. The van der Waals surface area contributed by atoms with Crippen molar-refractivity contribution in [2.45, 2.75) is 25.2 Å². The van der Waals surface area contributed by atoms with Gasteiger partial charge < -0.3 is 20.3 Å². The molecule has 3 aliphatic rings. The van der Waals surface area contributed by atoms with Crippen molar-refractivity contribution < 1.29 is 19.1 Å². The molecule has 5 rings (SSSR count). The molecule has 0 aliphatic carbocycles. The normalized spacial score (nSPS) is 28.0. The number of carbonyl (C=O) groups excluding carboxylic acids is 3. The first-order valence-electron chi connectivity index (χ1n) is 10.2. The Morgan fingerprint density at radius 1 is 1.26 bits per heavy atom. The third kappa shape index (κ3) is 3.29. The van der Waals surface area contributed by atoms with Crippen LogP contribution < -0.4 is 15.5 Å². The highest BCUT2D eigenvalue weighted by Crippen LogP contribution is 2.52. The molecule has 158 valence electrons. The van der Waals surface area contributed by atoms with Gasteiger partial charge in [0.15, 0.2) is 0 Å². The second kappa shape index (κ2) is 7.31. The van der Waals surface area contributed by atoms with E-state index in [1.807, 2.05) is 24.3 Å². The summed E-state index contributed by atoms with van der Waals surface area (Å²) in [4.78, 5) is 43.3. The average molecular weight is 418 g/mol. The fourth-order valence-electron chi connectivity index (χ4n) is 4.75. The van der Waals surface area contributed by atoms with Crippen LogP contribution in [0.1, 0.15) is 12.5 Å². The summed E-state index contributed by atoms with van der Waals surface area (Å²) in [6.07, 6.45) is 6.80. The molecule has 3 amide bonds. The number of rotatable bonds is 5. The summed E-state index contributed by atoms with van der Waals surface area (Å²) < 4.78 is 6.16. The lowest BCUT2D eigenvalue weighted by molar-refractivity contribution is -0.132. The van der Waals surface area contributed by atoms with Crippen molar-refractivity contribution in [3.63, 3.8) is 0 Å². The van der Waals surface area contributed by atoms with E-state index in [0.717, 1.165) is 5.56 Å².